The quantitative estimate of drug-likeness (QED) is 0.501. The second-order valence-corrected chi connectivity index (χ2v) is 1.79. The number of ether oxygens (including phenoxy) is 2. The van der Waals surface area contributed by atoms with E-state index in [0.717, 1.165) is 12.0 Å². The van der Waals surface area contributed by atoms with Gasteiger partial charge in [-0.25, -0.2) is 4.79 Å². The molecule has 1 heterocycles. The second-order valence-electron chi connectivity index (χ2n) is 1.79. The molecule has 0 radical (unpaired) electrons. The van der Waals surface area contributed by atoms with E-state index in [1.165, 1.54) is 6.26 Å². The molecule has 0 spiro atoms. The van der Waals surface area contributed by atoms with Crippen LogP contribution in [0.1, 0.15) is 13.3 Å². The smallest absolute Gasteiger partial charge is 0.429 e. The molecule has 0 fully saturated rings. The van der Waals surface area contributed by atoms with E-state index in [9.17, 15) is 4.79 Å². The fourth-order valence-corrected chi connectivity index (χ4v) is 0.537. The number of rotatable bonds is 1. The zero-order valence-electron chi connectivity index (χ0n) is 5.22. The van der Waals surface area contributed by atoms with Crippen LogP contribution in [0.3, 0.4) is 0 Å². The van der Waals surface area contributed by atoms with Crippen LogP contribution in [-0.2, 0) is 9.47 Å². The highest BCUT2D eigenvalue weighted by molar-refractivity contribution is 5.62. The van der Waals surface area contributed by atoms with Crippen LogP contribution in [-0.4, -0.2) is 12.8 Å². The first-order valence-electron chi connectivity index (χ1n) is 2.84. The predicted octanol–water partition coefficient (Wildman–Crippen LogP) is 1.45. The van der Waals surface area contributed by atoms with Crippen molar-refractivity contribution in [3.8, 4) is 0 Å². The Hall–Kier alpha value is -0.990. The van der Waals surface area contributed by atoms with Gasteiger partial charge in [0.15, 0.2) is 0 Å². The molecule has 0 saturated carbocycles. The molecule has 0 aliphatic carbocycles. The van der Waals surface area contributed by atoms with E-state index in [0.29, 0.717) is 6.61 Å². The van der Waals surface area contributed by atoms with Crippen molar-refractivity contribution in [3.63, 3.8) is 0 Å². The van der Waals surface area contributed by atoms with Crippen molar-refractivity contribution < 1.29 is 14.3 Å². The van der Waals surface area contributed by atoms with Gasteiger partial charge in [0.25, 0.3) is 0 Å². The molecule has 1 aliphatic heterocycles. The molecule has 3 heteroatoms. The summed E-state index contributed by atoms with van der Waals surface area (Å²) in [6, 6.07) is 0. The molecule has 0 bridgehead atoms. The van der Waals surface area contributed by atoms with Gasteiger partial charge >= 0.3 is 6.16 Å². The van der Waals surface area contributed by atoms with E-state index < -0.39 is 6.16 Å². The molecule has 0 atom stereocenters. The third-order valence-corrected chi connectivity index (χ3v) is 1.15. The van der Waals surface area contributed by atoms with Crippen LogP contribution in [0.2, 0.25) is 0 Å². The number of hydrogen-bond acceptors (Lipinski definition) is 3. The van der Waals surface area contributed by atoms with Crippen molar-refractivity contribution in [2.24, 2.45) is 0 Å². The third-order valence-electron chi connectivity index (χ3n) is 1.15. The summed E-state index contributed by atoms with van der Waals surface area (Å²) < 4.78 is 9.01. The molecule has 0 aromatic rings. The lowest BCUT2D eigenvalue weighted by Gasteiger charge is -2.10. The zero-order chi connectivity index (χ0) is 6.69. The maximum absolute atomic E-state index is 10.2. The van der Waals surface area contributed by atoms with Crippen LogP contribution in [0.4, 0.5) is 4.79 Å². The number of carbonyl (C=O) groups is 1. The maximum atomic E-state index is 10.2. The van der Waals surface area contributed by atoms with Gasteiger partial charge in [0, 0.05) is 5.57 Å². The summed E-state index contributed by atoms with van der Waals surface area (Å²) in [7, 11) is 0. The van der Waals surface area contributed by atoms with Crippen molar-refractivity contribution in [3.05, 3.63) is 11.8 Å². The van der Waals surface area contributed by atoms with Crippen LogP contribution >= 0.6 is 0 Å². The summed E-state index contributed by atoms with van der Waals surface area (Å²) in [5.74, 6) is 0. The Kier molecular flexibility index (Phi) is 1.72. The zero-order valence-corrected chi connectivity index (χ0v) is 5.22. The Morgan fingerprint density at radius 1 is 1.78 bits per heavy atom. The summed E-state index contributed by atoms with van der Waals surface area (Å²) in [5, 5.41) is 0. The summed E-state index contributed by atoms with van der Waals surface area (Å²) in [6.45, 7) is 2.36. The molecular formula is C6H8O3. The monoisotopic (exact) mass is 128 g/mol. The Balaban J connectivity index is 2.50. The Morgan fingerprint density at radius 3 is 3.00 bits per heavy atom. The van der Waals surface area contributed by atoms with E-state index >= 15 is 0 Å². The summed E-state index contributed by atoms with van der Waals surface area (Å²) in [5.41, 5.74) is 1.01. The van der Waals surface area contributed by atoms with E-state index in [-0.39, 0.29) is 0 Å². The summed E-state index contributed by atoms with van der Waals surface area (Å²) in [4.78, 5) is 10.2. The highest BCUT2D eigenvalue weighted by Crippen LogP contribution is 2.07. The highest BCUT2D eigenvalue weighted by atomic mass is 16.7. The van der Waals surface area contributed by atoms with Crippen LogP contribution in [0, 0.1) is 0 Å². The summed E-state index contributed by atoms with van der Waals surface area (Å²) >= 11 is 0. The number of hydrogen-bond donors (Lipinski definition) is 0. The molecule has 9 heavy (non-hydrogen) atoms. The molecule has 1 rings (SSSR count). The molecule has 0 N–H and O–H groups in total. The van der Waals surface area contributed by atoms with Gasteiger partial charge in [-0.3, -0.25) is 0 Å². The fraction of sp³-hybridized carbons (Fsp3) is 0.500. The van der Waals surface area contributed by atoms with Gasteiger partial charge in [-0.1, -0.05) is 6.92 Å². The molecule has 0 aromatic carbocycles. The van der Waals surface area contributed by atoms with E-state index in [4.69, 9.17) is 0 Å². The first-order chi connectivity index (χ1) is 4.33. The van der Waals surface area contributed by atoms with Gasteiger partial charge in [0.1, 0.15) is 12.9 Å². The molecule has 3 nitrogen and oxygen atoms in total. The standard InChI is InChI=1S/C6H8O3/c1-2-5-3-8-6(7)9-4-5/h3H,2,4H2,1H3. The lowest BCUT2D eigenvalue weighted by Crippen LogP contribution is -2.12. The van der Waals surface area contributed by atoms with Crippen LogP contribution in [0.5, 0.6) is 0 Å². The van der Waals surface area contributed by atoms with E-state index in [2.05, 4.69) is 9.47 Å². The van der Waals surface area contributed by atoms with Gasteiger partial charge < -0.3 is 9.47 Å². The number of carbonyl (C=O) groups excluding carboxylic acids is 1. The minimum absolute atomic E-state index is 0.384. The van der Waals surface area contributed by atoms with Crippen molar-refractivity contribution in [1.82, 2.24) is 0 Å². The van der Waals surface area contributed by atoms with Gasteiger partial charge in [0.2, 0.25) is 0 Å². The predicted molar refractivity (Wildman–Crippen MR) is 30.8 cm³/mol. The lowest BCUT2D eigenvalue weighted by molar-refractivity contribution is 0.0781. The van der Waals surface area contributed by atoms with Gasteiger partial charge in [-0.15, -0.1) is 0 Å². The molecule has 0 amide bonds. The van der Waals surface area contributed by atoms with E-state index in [1.807, 2.05) is 6.92 Å². The lowest BCUT2D eigenvalue weighted by atomic mass is 10.2. The van der Waals surface area contributed by atoms with E-state index in [1.54, 1.807) is 0 Å². The first kappa shape index (κ1) is 6.13. The molecule has 1 aliphatic rings. The van der Waals surface area contributed by atoms with Crippen molar-refractivity contribution >= 4 is 6.16 Å². The minimum Gasteiger partial charge on any atom is -0.429 e. The molecule has 0 saturated heterocycles. The largest absolute Gasteiger partial charge is 0.513 e. The van der Waals surface area contributed by atoms with Gasteiger partial charge in [-0.2, -0.15) is 0 Å². The third kappa shape index (κ3) is 1.45. The highest BCUT2D eigenvalue weighted by Gasteiger charge is 2.09. The van der Waals surface area contributed by atoms with Crippen LogP contribution < -0.4 is 0 Å². The minimum atomic E-state index is -0.604. The van der Waals surface area contributed by atoms with Crippen LogP contribution in [0.25, 0.3) is 0 Å². The first-order valence-corrected chi connectivity index (χ1v) is 2.84. The van der Waals surface area contributed by atoms with Crippen molar-refractivity contribution in [2.75, 3.05) is 6.61 Å². The van der Waals surface area contributed by atoms with Gasteiger partial charge in [0.05, 0.1) is 0 Å². The Bertz CT molecular complexity index is 148. The molecule has 50 valence electrons. The SMILES string of the molecule is CCC1=COC(=O)OC1. The average Bonchev–Trinajstić information content (AvgIpc) is 1.90. The van der Waals surface area contributed by atoms with Crippen molar-refractivity contribution in [2.45, 2.75) is 13.3 Å². The molecule has 0 unspecified atom stereocenters. The fourth-order valence-electron chi connectivity index (χ4n) is 0.537. The molecular weight excluding hydrogens is 120 g/mol. The normalized spacial score (nSPS) is 17.9. The maximum Gasteiger partial charge on any atom is 0.513 e. The van der Waals surface area contributed by atoms with Crippen molar-refractivity contribution in [1.29, 1.82) is 0 Å². The summed E-state index contributed by atoms with van der Waals surface area (Å²) in [6.07, 6.45) is 1.71. The number of cyclic esters (lactones) is 2. The second kappa shape index (κ2) is 2.53. The molecule has 0 aromatic heterocycles. The Labute approximate surface area is 53.3 Å². The van der Waals surface area contributed by atoms with Crippen LogP contribution in [0.15, 0.2) is 11.8 Å². The average molecular weight is 128 g/mol. The van der Waals surface area contributed by atoms with Gasteiger partial charge in [-0.05, 0) is 6.42 Å². The topological polar surface area (TPSA) is 35.5 Å². The Morgan fingerprint density at radius 2 is 2.56 bits per heavy atom.